The fraction of sp³-hybridized carbons (Fsp3) is 0.688. The van der Waals surface area contributed by atoms with Gasteiger partial charge in [0.2, 0.25) is 5.91 Å². The fourth-order valence-electron chi connectivity index (χ4n) is 3.45. The van der Waals surface area contributed by atoms with Crippen LogP contribution in [0.2, 0.25) is 0 Å². The molecule has 5 heteroatoms. The predicted octanol–water partition coefficient (Wildman–Crippen LogP) is 2.33. The average molecular weight is 309 g/mol. The molecule has 1 aliphatic carbocycles. The van der Waals surface area contributed by atoms with Crippen LogP contribution in [0.15, 0.2) is 16.8 Å². The third-order valence-corrected chi connectivity index (χ3v) is 5.18. The van der Waals surface area contributed by atoms with Crippen molar-refractivity contribution in [1.82, 2.24) is 4.90 Å². The highest BCUT2D eigenvalue weighted by Crippen LogP contribution is 2.34. The van der Waals surface area contributed by atoms with E-state index in [0.717, 1.165) is 38.2 Å². The van der Waals surface area contributed by atoms with Crippen LogP contribution in [-0.2, 0) is 20.7 Å². The van der Waals surface area contributed by atoms with Gasteiger partial charge < -0.3 is 14.4 Å². The van der Waals surface area contributed by atoms with Crippen LogP contribution >= 0.6 is 11.3 Å². The number of ether oxygens (including phenoxy) is 2. The summed E-state index contributed by atoms with van der Waals surface area (Å²) in [5.41, 5.74) is 1.12. The molecule has 1 saturated heterocycles. The van der Waals surface area contributed by atoms with Crippen molar-refractivity contribution in [2.75, 3.05) is 26.4 Å². The lowest BCUT2D eigenvalue weighted by atomic mass is 10.1. The zero-order valence-electron chi connectivity index (χ0n) is 12.5. The summed E-state index contributed by atoms with van der Waals surface area (Å²) in [5, 5.41) is 4.08. The average Bonchev–Trinajstić information content (AvgIpc) is 3.12. The van der Waals surface area contributed by atoms with E-state index in [2.05, 4.69) is 10.3 Å². The molecular weight excluding hydrogens is 286 g/mol. The summed E-state index contributed by atoms with van der Waals surface area (Å²) in [4.78, 5) is 14.6. The SMILES string of the molecule is CCOC[C@@H]1C[C@@H]2OCCN(C(=O)Cc3ccsc3)[C@H]2C1. The van der Waals surface area contributed by atoms with Gasteiger partial charge in [0.25, 0.3) is 0 Å². The Bertz CT molecular complexity index is 462. The van der Waals surface area contributed by atoms with Gasteiger partial charge in [-0.05, 0) is 48.1 Å². The minimum Gasteiger partial charge on any atom is -0.381 e. The van der Waals surface area contributed by atoms with E-state index in [9.17, 15) is 4.79 Å². The van der Waals surface area contributed by atoms with Gasteiger partial charge in [-0.25, -0.2) is 0 Å². The van der Waals surface area contributed by atoms with Crippen molar-refractivity contribution < 1.29 is 14.3 Å². The van der Waals surface area contributed by atoms with Crippen LogP contribution in [0.25, 0.3) is 0 Å². The highest BCUT2D eigenvalue weighted by Gasteiger charge is 2.42. The van der Waals surface area contributed by atoms with Gasteiger partial charge in [-0.3, -0.25) is 4.79 Å². The van der Waals surface area contributed by atoms with Crippen LogP contribution in [-0.4, -0.2) is 49.3 Å². The van der Waals surface area contributed by atoms with Gasteiger partial charge in [0.1, 0.15) is 0 Å². The Hall–Kier alpha value is -0.910. The lowest BCUT2D eigenvalue weighted by Gasteiger charge is -2.37. The molecule has 1 amide bonds. The van der Waals surface area contributed by atoms with Gasteiger partial charge in [-0.2, -0.15) is 11.3 Å². The number of thiophene rings is 1. The third kappa shape index (κ3) is 3.47. The highest BCUT2D eigenvalue weighted by atomic mass is 32.1. The topological polar surface area (TPSA) is 38.8 Å². The first kappa shape index (κ1) is 15.0. The first-order valence-electron chi connectivity index (χ1n) is 7.77. The number of carbonyl (C=O) groups excluding carboxylic acids is 1. The Morgan fingerprint density at radius 1 is 1.52 bits per heavy atom. The molecule has 0 spiro atoms. The molecule has 1 aliphatic heterocycles. The van der Waals surface area contributed by atoms with Crippen molar-refractivity contribution in [3.8, 4) is 0 Å². The van der Waals surface area contributed by atoms with Crippen molar-refractivity contribution >= 4 is 17.2 Å². The molecule has 0 radical (unpaired) electrons. The summed E-state index contributed by atoms with van der Waals surface area (Å²) < 4.78 is 11.4. The van der Waals surface area contributed by atoms with Crippen LogP contribution in [0.4, 0.5) is 0 Å². The van der Waals surface area contributed by atoms with E-state index in [4.69, 9.17) is 9.47 Å². The number of carbonyl (C=O) groups is 1. The monoisotopic (exact) mass is 309 g/mol. The molecule has 116 valence electrons. The molecule has 2 fully saturated rings. The molecule has 0 aromatic carbocycles. The zero-order valence-corrected chi connectivity index (χ0v) is 13.3. The van der Waals surface area contributed by atoms with Crippen molar-refractivity contribution in [2.24, 2.45) is 5.92 Å². The van der Waals surface area contributed by atoms with Gasteiger partial charge >= 0.3 is 0 Å². The lowest BCUT2D eigenvalue weighted by molar-refractivity contribution is -0.143. The molecular formula is C16H23NO3S. The molecule has 3 atom stereocenters. The quantitative estimate of drug-likeness (QED) is 0.838. The second kappa shape index (κ2) is 6.90. The number of hydrogen-bond donors (Lipinski definition) is 0. The molecule has 4 nitrogen and oxygen atoms in total. The Labute approximate surface area is 130 Å². The van der Waals surface area contributed by atoms with Gasteiger partial charge in [0.05, 0.1) is 25.2 Å². The van der Waals surface area contributed by atoms with Crippen molar-refractivity contribution in [3.63, 3.8) is 0 Å². The number of morpholine rings is 1. The summed E-state index contributed by atoms with van der Waals surface area (Å²) >= 11 is 1.65. The predicted molar refractivity (Wildman–Crippen MR) is 82.5 cm³/mol. The third-order valence-electron chi connectivity index (χ3n) is 4.45. The number of hydrogen-bond acceptors (Lipinski definition) is 4. The highest BCUT2D eigenvalue weighted by molar-refractivity contribution is 7.07. The van der Waals surface area contributed by atoms with Gasteiger partial charge in [-0.15, -0.1) is 0 Å². The smallest absolute Gasteiger partial charge is 0.227 e. The van der Waals surface area contributed by atoms with E-state index in [1.54, 1.807) is 11.3 Å². The molecule has 2 heterocycles. The molecule has 1 aromatic rings. The first-order valence-corrected chi connectivity index (χ1v) is 8.72. The number of amides is 1. The maximum Gasteiger partial charge on any atom is 0.227 e. The first-order chi connectivity index (χ1) is 10.3. The van der Waals surface area contributed by atoms with E-state index in [1.807, 2.05) is 18.4 Å². The summed E-state index contributed by atoms with van der Waals surface area (Å²) in [6, 6.07) is 2.28. The van der Waals surface area contributed by atoms with Crippen molar-refractivity contribution in [3.05, 3.63) is 22.4 Å². The largest absolute Gasteiger partial charge is 0.381 e. The molecule has 0 bridgehead atoms. The van der Waals surface area contributed by atoms with Crippen LogP contribution in [0, 0.1) is 5.92 Å². The van der Waals surface area contributed by atoms with Crippen LogP contribution < -0.4 is 0 Å². The van der Waals surface area contributed by atoms with E-state index >= 15 is 0 Å². The number of fused-ring (bicyclic) bond motifs is 1. The minimum absolute atomic E-state index is 0.204. The standard InChI is InChI=1S/C16H23NO3S/c1-2-19-10-13-7-14-15(8-13)20-5-4-17(14)16(18)9-12-3-6-21-11-12/h3,6,11,13-15H,2,4-5,7-10H2,1H3/t13-,14-,15-/m0/s1. The van der Waals surface area contributed by atoms with Gasteiger partial charge in [0.15, 0.2) is 0 Å². The Kier molecular flexibility index (Phi) is 4.93. The molecule has 3 rings (SSSR count). The molecule has 21 heavy (non-hydrogen) atoms. The van der Waals surface area contributed by atoms with E-state index < -0.39 is 0 Å². The minimum atomic E-state index is 0.204. The maximum atomic E-state index is 12.6. The second-order valence-electron chi connectivity index (χ2n) is 5.87. The van der Waals surface area contributed by atoms with E-state index in [1.165, 1.54) is 0 Å². The van der Waals surface area contributed by atoms with Crippen LogP contribution in [0.5, 0.6) is 0 Å². The normalized spacial score (nSPS) is 28.6. The molecule has 1 saturated carbocycles. The molecule has 1 aromatic heterocycles. The van der Waals surface area contributed by atoms with Gasteiger partial charge in [0, 0.05) is 19.8 Å². The molecule has 2 aliphatic rings. The van der Waals surface area contributed by atoms with E-state index in [0.29, 0.717) is 18.9 Å². The molecule has 0 N–H and O–H groups in total. The zero-order chi connectivity index (χ0) is 14.7. The number of nitrogens with zero attached hydrogens (tertiary/aromatic N) is 1. The Morgan fingerprint density at radius 3 is 3.19 bits per heavy atom. The number of rotatable bonds is 5. The van der Waals surface area contributed by atoms with Crippen molar-refractivity contribution in [2.45, 2.75) is 38.3 Å². The molecule has 0 unspecified atom stereocenters. The second-order valence-corrected chi connectivity index (χ2v) is 6.65. The van der Waals surface area contributed by atoms with E-state index in [-0.39, 0.29) is 18.1 Å². The van der Waals surface area contributed by atoms with Crippen LogP contribution in [0.3, 0.4) is 0 Å². The summed E-state index contributed by atoms with van der Waals surface area (Å²) in [6.07, 6.45) is 2.76. The lowest BCUT2D eigenvalue weighted by Crippen LogP contribution is -2.51. The summed E-state index contributed by atoms with van der Waals surface area (Å²) in [6.45, 7) is 4.96. The summed E-state index contributed by atoms with van der Waals surface area (Å²) in [7, 11) is 0. The summed E-state index contributed by atoms with van der Waals surface area (Å²) in [5.74, 6) is 0.762. The fourth-order valence-corrected chi connectivity index (χ4v) is 4.12. The Balaban J connectivity index is 1.61. The van der Waals surface area contributed by atoms with Gasteiger partial charge in [-0.1, -0.05) is 0 Å². The maximum absolute atomic E-state index is 12.6. The Morgan fingerprint density at radius 2 is 2.43 bits per heavy atom. The van der Waals surface area contributed by atoms with Crippen molar-refractivity contribution in [1.29, 1.82) is 0 Å². The van der Waals surface area contributed by atoms with Crippen LogP contribution in [0.1, 0.15) is 25.3 Å².